The molecule has 0 aliphatic heterocycles. The second-order valence-electron chi connectivity index (χ2n) is 8.26. The summed E-state index contributed by atoms with van der Waals surface area (Å²) in [6.07, 6.45) is 24.2. The Morgan fingerprint density at radius 3 is 2.50 bits per heavy atom. The summed E-state index contributed by atoms with van der Waals surface area (Å²) in [6.45, 7) is 15.7. The van der Waals surface area contributed by atoms with Crippen molar-refractivity contribution in [2.75, 3.05) is 7.18 Å². The van der Waals surface area contributed by atoms with Gasteiger partial charge in [0.05, 0.1) is 19.0 Å². The standard InChI is InChI=1S/C25H26N2O.C6H12.C2H6.CH3F/c1-3-9-20(18-26)15-17-28-25(19(2)21-10-5-4-6-11-21)23-14-7-12-22-13-8-16-27-24(22)23;1-3-5-6-4-2;2*1-2/h3-5,7-10,12-19,25-26H,1,6,11H2,2H3;3H,1,4-6H2,2H3;1-2H3;1H3/b17-15-,20-9+,26-18?;;;. The predicted octanol–water partition coefficient (Wildman–Crippen LogP) is 10.5. The quantitative estimate of drug-likeness (QED) is 0.106. The number of nitrogens with one attached hydrogen (secondary N) is 1. The molecule has 1 heterocycles. The van der Waals surface area contributed by atoms with E-state index in [0.717, 1.165) is 34.9 Å². The Kier molecular flexibility index (Phi) is 20.5. The van der Waals surface area contributed by atoms with Crippen molar-refractivity contribution >= 4 is 17.1 Å². The summed E-state index contributed by atoms with van der Waals surface area (Å²) in [7, 11) is 0.500. The molecule has 4 heteroatoms. The Hall–Kier alpha value is -3.53. The number of rotatable bonds is 11. The predicted molar refractivity (Wildman–Crippen MR) is 165 cm³/mol. The van der Waals surface area contributed by atoms with E-state index in [-0.39, 0.29) is 12.0 Å². The van der Waals surface area contributed by atoms with E-state index in [2.05, 4.69) is 74.5 Å². The van der Waals surface area contributed by atoms with Crippen molar-refractivity contribution in [3.8, 4) is 0 Å². The Morgan fingerprint density at radius 1 is 1.18 bits per heavy atom. The average Bonchev–Trinajstić information content (AvgIpc) is 3.00. The molecule has 3 rings (SSSR count). The van der Waals surface area contributed by atoms with Crippen LogP contribution in [-0.2, 0) is 4.74 Å². The fourth-order valence-corrected chi connectivity index (χ4v) is 3.85. The molecule has 1 aliphatic carbocycles. The zero-order valence-corrected chi connectivity index (χ0v) is 24.0. The van der Waals surface area contributed by atoms with Crippen LogP contribution in [-0.4, -0.2) is 18.4 Å². The molecule has 0 saturated carbocycles. The van der Waals surface area contributed by atoms with Gasteiger partial charge in [-0.25, -0.2) is 0 Å². The van der Waals surface area contributed by atoms with Crippen LogP contribution in [0.15, 0.2) is 110 Å². The summed E-state index contributed by atoms with van der Waals surface area (Å²) >= 11 is 0. The van der Waals surface area contributed by atoms with Gasteiger partial charge in [-0.05, 0) is 37.0 Å². The van der Waals surface area contributed by atoms with Gasteiger partial charge < -0.3 is 10.1 Å². The molecule has 1 aliphatic rings. The number of allylic oxidation sites excluding steroid dienone is 8. The van der Waals surface area contributed by atoms with E-state index in [4.69, 9.17) is 10.1 Å². The van der Waals surface area contributed by atoms with Gasteiger partial charge in [-0.2, -0.15) is 0 Å². The van der Waals surface area contributed by atoms with Crippen molar-refractivity contribution in [2.45, 2.75) is 65.9 Å². The van der Waals surface area contributed by atoms with Crippen molar-refractivity contribution in [1.82, 2.24) is 4.98 Å². The van der Waals surface area contributed by atoms with E-state index in [0.29, 0.717) is 7.18 Å². The van der Waals surface area contributed by atoms with Crippen molar-refractivity contribution in [2.24, 2.45) is 5.92 Å². The van der Waals surface area contributed by atoms with Crippen LogP contribution in [0.5, 0.6) is 0 Å². The third-order valence-corrected chi connectivity index (χ3v) is 5.78. The van der Waals surface area contributed by atoms with Crippen LogP contribution in [0.25, 0.3) is 10.9 Å². The van der Waals surface area contributed by atoms with Crippen LogP contribution >= 0.6 is 0 Å². The number of hydrogen-bond donors (Lipinski definition) is 1. The Balaban J connectivity index is 0.00000119. The third-order valence-electron chi connectivity index (χ3n) is 5.78. The molecule has 1 aromatic carbocycles. The average molecular weight is 519 g/mol. The molecule has 0 bridgehead atoms. The summed E-state index contributed by atoms with van der Waals surface area (Å²) in [6, 6.07) is 10.3. The molecule has 0 spiro atoms. The zero-order valence-electron chi connectivity index (χ0n) is 24.0. The first-order valence-corrected chi connectivity index (χ1v) is 13.5. The molecule has 3 nitrogen and oxygen atoms in total. The summed E-state index contributed by atoms with van der Waals surface area (Å²) in [4.78, 5) is 4.62. The largest absolute Gasteiger partial charge is 0.493 e. The van der Waals surface area contributed by atoms with E-state index in [1.807, 2.05) is 32.2 Å². The highest BCUT2D eigenvalue weighted by molar-refractivity contribution is 5.82. The lowest BCUT2D eigenvalue weighted by molar-refractivity contribution is 0.108. The van der Waals surface area contributed by atoms with E-state index >= 15 is 0 Å². The molecular formula is C34H47FN2O. The first-order chi connectivity index (χ1) is 18.7. The molecule has 1 N–H and O–H groups in total. The fourth-order valence-electron chi connectivity index (χ4n) is 3.85. The number of benzene rings is 1. The molecule has 2 aromatic rings. The van der Waals surface area contributed by atoms with Gasteiger partial charge in [0.1, 0.15) is 6.10 Å². The molecule has 0 radical (unpaired) electrons. The van der Waals surface area contributed by atoms with E-state index in [1.165, 1.54) is 31.1 Å². The molecule has 2 atom stereocenters. The summed E-state index contributed by atoms with van der Waals surface area (Å²) < 4.78 is 15.8. The molecule has 0 fully saturated rings. The number of pyridine rings is 1. The minimum Gasteiger partial charge on any atom is -0.493 e. The minimum absolute atomic E-state index is 0.164. The molecule has 1 aromatic heterocycles. The van der Waals surface area contributed by atoms with Gasteiger partial charge in [0, 0.05) is 29.3 Å². The molecule has 0 saturated heterocycles. The maximum absolute atomic E-state index is 9.50. The van der Waals surface area contributed by atoms with Gasteiger partial charge in [0.15, 0.2) is 0 Å². The highest BCUT2D eigenvalue weighted by Gasteiger charge is 2.25. The van der Waals surface area contributed by atoms with Crippen LogP contribution in [0.4, 0.5) is 4.39 Å². The highest BCUT2D eigenvalue weighted by atomic mass is 19.1. The van der Waals surface area contributed by atoms with Gasteiger partial charge >= 0.3 is 0 Å². The third kappa shape index (κ3) is 12.1. The number of fused-ring (bicyclic) bond motifs is 1. The van der Waals surface area contributed by atoms with Gasteiger partial charge in [0.2, 0.25) is 0 Å². The van der Waals surface area contributed by atoms with Gasteiger partial charge in [-0.3, -0.25) is 9.37 Å². The number of ether oxygens (including phenoxy) is 1. The zero-order chi connectivity index (χ0) is 28.6. The number of hydrogen-bond acceptors (Lipinski definition) is 3. The SMILES string of the molecule is C=C/C=C(C=N)\C=C/OC(c1cccc2cccnc12)C(C)C1=CC=CCC1.C=CCCCC.CC.CF. The Bertz CT molecular complexity index is 1060. The molecule has 38 heavy (non-hydrogen) atoms. The molecule has 206 valence electrons. The highest BCUT2D eigenvalue weighted by Crippen LogP contribution is 2.37. The van der Waals surface area contributed by atoms with Crippen molar-refractivity contribution in [1.29, 1.82) is 5.41 Å². The normalized spacial score (nSPS) is 13.8. The van der Waals surface area contributed by atoms with Crippen molar-refractivity contribution < 1.29 is 9.13 Å². The van der Waals surface area contributed by atoms with Crippen LogP contribution in [0, 0.1) is 11.3 Å². The van der Waals surface area contributed by atoms with Crippen molar-refractivity contribution in [3.63, 3.8) is 0 Å². The number of nitrogens with zero attached hydrogens (tertiary/aromatic N) is 1. The summed E-state index contributed by atoms with van der Waals surface area (Å²) in [5.74, 6) is 0.203. The smallest absolute Gasteiger partial charge is 0.131 e. The number of unbranched alkanes of at least 4 members (excludes halogenated alkanes) is 2. The summed E-state index contributed by atoms with van der Waals surface area (Å²) in [5, 5.41) is 8.60. The Morgan fingerprint density at radius 2 is 1.92 bits per heavy atom. The maximum Gasteiger partial charge on any atom is 0.131 e. The number of para-hydroxylation sites is 1. The lowest BCUT2D eigenvalue weighted by Crippen LogP contribution is -2.15. The monoisotopic (exact) mass is 518 g/mol. The van der Waals surface area contributed by atoms with Crippen molar-refractivity contribution in [3.05, 3.63) is 115 Å². The number of halogens is 1. The molecule has 2 unspecified atom stereocenters. The van der Waals surface area contributed by atoms with Gasteiger partial charge in [-0.1, -0.05) is 113 Å². The number of alkyl halides is 1. The summed E-state index contributed by atoms with van der Waals surface area (Å²) in [5.41, 5.74) is 4.16. The second kappa shape index (κ2) is 22.7. The van der Waals surface area contributed by atoms with Gasteiger partial charge in [0.25, 0.3) is 0 Å². The minimum atomic E-state index is -0.164. The first-order valence-electron chi connectivity index (χ1n) is 13.5. The van der Waals surface area contributed by atoms with E-state index in [9.17, 15) is 4.39 Å². The number of aromatic nitrogens is 1. The second-order valence-corrected chi connectivity index (χ2v) is 8.26. The lowest BCUT2D eigenvalue weighted by Gasteiger charge is -2.27. The molecule has 0 amide bonds. The van der Waals surface area contributed by atoms with E-state index in [1.54, 1.807) is 24.5 Å². The van der Waals surface area contributed by atoms with Gasteiger partial charge in [-0.15, -0.1) is 6.58 Å². The lowest BCUT2D eigenvalue weighted by atomic mass is 9.85. The molecular weight excluding hydrogens is 471 g/mol. The maximum atomic E-state index is 9.50. The fraction of sp³-hybridized carbons (Fsp3) is 0.353. The Labute approximate surface area is 230 Å². The topological polar surface area (TPSA) is 46.0 Å². The van der Waals surface area contributed by atoms with Crippen LogP contribution in [0.3, 0.4) is 0 Å². The van der Waals surface area contributed by atoms with E-state index < -0.39 is 0 Å². The van der Waals surface area contributed by atoms with Crippen LogP contribution in [0.2, 0.25) is 0 Å². The van der Waals surface area contributed by atoms with Crippen LogP contribution < -0.4 is 0 Å². The first kappa shape index (κ1) is 34.5. The van der Waals surface area contributed by atoms with Crippen LogP contribution in [0.1, 0.15) is 71.5 Å².